The first-order valence-corrected chi connectivity index (χ1v) is 11.0. The Kier molecular flexibility index (Phi) is 11.8. The normalized spacial score (nSPS) is 12.2. The van der Waals surface area contributed by atoms with Gasteiger partial charge in [0.1, 0.15) is 11.5 Å². The van der Waals surface area contributed by atoms with Crippen molar-refractivity contribution < 1.29 is 52.7 Å². The van der Waals surface area contributed by atoms with Crippen LogP contribution in [0, 0.1) is 10.1 Å². The number of para-hydroxylation sites is 1. The van der Waals surface area contributed by atoms with E-state index in [9.17, 15) is 20.0 Å². The number of nitrogens with one attached hydrogen (secondary N) is 1. The number of carbonyl (C=O) groups is 2. The second-order valence-electron chi connectivity index (χ2n) is 7.89. The van der Waals surface area contributed by atoms with Gasteiger partial charge in [0.15, 0.2) is 0 Å². The number of carbonyl (C=O) groups excluding carboxylic acids is 1. The molecule has 0 unspecified atom stereocenters. The van der Waals surface area contributed by atoms with Crippen molar-refractivity contribution in [1.29, 1.82) is 0 Å². The molecule has 40 heavy (non-hydrogen) atoms. The Morgan fingerprint density at radius 3 is 2.33 bits per heavy atom. The number of hydrogen-bond donors (Lipinski definition) is 3. The molecule has 1 amide bonds. The molecule has 0 saturated heterocycles. The van der Waals surface area contributed by atoms with Crippen LogP contribution < -0.4 is 5.32 Å². The first-order chi connectivity index (χ1) is 17.7. The van der Waals surface area contributed by atoms with Crippen LogP contribution in [0.5, 0.6) is 5.75 Å². The zero-order chi connectivity index (χ0) is 26.5. The molecule has 1 radical (unpaired) electrons. The summed E-state index contributed by atoms with van der Waals surface area (Å²) in [5.74, 6) is -1.18. The molecule has 1 aliphatic rings. The number of aromatic hydroxyl groups is 1. The second-order valence-corrected chi connectivity index (χ2v) is 7.89. The standard InChI is InChI=1S/C25H16N4O4.C2H4O2.Cu.2H2O/c30-23-12-9-15-5-1-2-6-17(15)19(23)14-26-21-11-10-16(29(32)33)13-22(21)27-24-18-7-3-4-8-20(18)28-25(24)31;1-2(3)4;;;/h1-14,30H,(H,27,28,31);1H3,(H,3,4);;2*1H2. The minimum absolute atomic E-state index is 0. The van der Waals surface area contributed by atoms with Crippen molar-refractivity contribution in [2.45, 2.75) is 6.92 Å². The first kappa shape index (κ1) is 33.1. The van der Waals surface area contributed by atoms with E-state index in [0.717, 1.165) is 17.7 Å². The Balaban J connectivity index is 0.00000107. The number of amides is 1. The van der Waals surface area contributed by atoms with Crippen LogP contribution >= 0.6 is 0 Å². The maximum Gasteiger partial charge on any atom is 0.300 e. The fourth-order valence-corrected chi connectivity index (χ4v) is 3.71. The van der Waals surface area contributed by atoms with Crippen LogP contribution in [0.2, 0.25) is 0 Å². The number of rotatable bonds is 4. The van der Waals surface area contributed by atoms with Gasteiger partial charge in [-0.25, -0.2) is 4.99 Å². The number of aliphatic imine (C=N–C) groups is 2. The van der Waals surface area contributed by atoms with E-state index in [1.54, 1.807) is 36.4 Å². The third kappa shape index (κ3) is 7.34. The number of fused-ring (bicyclic) bond motifs is 2. The summed E-state index contributed by atoms with van der Waals surface area (Å²) in [5.41, 5.74) is 2.20. The molecule has 13 heteroatoms. The molecule has 7 N–H and O–H groups in total. The third-order valence-electron chi connectivity index (χ3n) is 5.33. The van der Waals surface area contributed by atoms with Crippen molar-refractivity contribution >= 4 is 57.3 Å². The van der Waals surface area contributed by atoms with Gasteiger partial charge in [0.25, 0.3) is 17.6 Å². The van der Waals surface area contributed by atoms with Crippen LogP contribution in [-0.2, 0) is 26.7 Å². The summed E-state index contributed by atoms with van der Waals surface area (Å²) in [6.45, 7) is 1.08. The molecule has 5 rings (SSSR count). The monoisotopic (exact) mass is 595 g/mol. The van der Waals surface area contributed by atoms with Crippen LogP contribution in [0.25, 0.3) is 10.8 Å². The fraction of sp³-hybridized carbons (Fsp3) is 0.0370. The van der Waals surface area contributed by atoms with Gasteiger partial charge in [0, 0.05) is 53.5 Å². The smallest absolute Gasteiger partial charge is 0.300 e. The third-order valence-corrected chi connectivity index (χ3v) is 5.33. The van der Waals surface area contributed by atoms with Gasteiger partial charge >= 0.3 is 0 Å². The van der Waals surface area contributed by atoms with Crippen molar-refractivity contribution in [2.75, 3.05) is 5.32 Å². The van der Waals surface area contributed by atoms with Crippen molar-refractivity contribution in [3.8, 4) is 5.75 Å². The molecule has 0 atom stereocenters. The van der Waals surface area contributed by atoms with E-state index in [4.69, 9.17) is 9.90 Å². The zero-order valence-corrected chi connectivity index (χ0v) is 21.7. The van der Waals surface area contributed by atoms with Crippen LogP contribution in [0.3, 0.4) is 0 Å². The van der Waals surface area contributed by atoms with E-state index in [-0.39, 0.29) is 50.9 Å². The molecule has 0 saturated carbocycles. The van der Waals surface area contributed by atoms with Gasteiger partial charge in [-0.1, -0.05) is 48.5 Å². The number of hydrogen-bond acceptors (Lipinski definition) is 7. The van der Waals surface area contributed by atoms with Gasteiger partial charge < -0.3 is 26.5 Å². The quantitative estimate of drug-likeness (QED) is 0.138. The minimum Gasteiger partial charge on any atom is -0.507 e. The Bertz CT molecular complexity index is 1620. The fourth-order valence-electron chi connectivity index (χ4n) is 3.71. The summed E-state index contributed by atoms with van der Waals surface area (Å²) in [5, 5.41) is 33.6. The summed E-state index contributed by atoms with van der Waals surface area (Å²) in [6.07, 6.45) is 1.49. The molecule has 0 spiro atoms. The van der Waals surface area contributed by atoms with E-state index in [2.05, 4.69) is 15.3 Å². The van der Waals surface area contributed by atoms with Gasteiger partial charge in [-0.3, -0.25) is 24.7 Å². The number of nitro benzene ring substituents is 1. The van der Waals surface area contributed by atoms with Crippen LogP contribution in [0.15, 0.2) is 88.8 Å². The predicted molar refractivity (Wildman–Crippen MR) is 148 cm³/mol. The van der Waals surface area contributed by atoms with Crippen LogP contribution in [-0.4, -0.2) is 49.9 Å². The van der Waals surface area contributed by atoms with Crippen molar-refractivity contribution in [2.24, 2.45) is 9.98 Å². The summed E-state index contributed by atoms with van der Waals surface area (Å²) in [6, 6.07) is 22.1. The molecule has 0 bridgehead atoms. The number of phenols is 1. The van der Waals surface area contributed by atoms with E-state index in [1.807, 2.05) is 24.3 Å². The minimum atomic E-state index is -0.833. The molecular formula is C27H24CuN4O8. The summed E-state index contributed by atoms with van der Waals surface area (Å²) in [4.78, 5) is 41.2. The number of phenolic OH excluding ortho intramolecular Hbond substituents is 1. The second kappa shape index (κ2) is 14.3. The number of aliphatic carboxylic acids is 1. The topological polar surface area (TPSA) is 217 Å². The summed E-state index contributed by atoms with van der Waals surface area (Å²) in [7, 11) is 0. The largest absolute Gasteiger partial charge is 0.507 e. The Hall–Kier alpha value is -4.94. The number of non-ortho nitro benzene ring substituents is 1. The van der Waals surface area contributed by atoms with Crippen molar-refractivity contribution in [3.05, 3.63) is 100 Å². The Labute approximate surface area is 238 Å². The molecular weight excluding hydrogens is 572 g/mol. The molecule has 12 nitrogen and oxygen atoms in total. The van der Waals surface area contributed by atoms with Crippen molar-refractivity contribution in [1.82, 2.24) is 0 Å². The maximum atomic E-state index is 12.5. The molecule has 1 aliphatic heterocycles. The van der Waals surface area contributed by atoms with E-state index < -0.39 is 16.8 Å². The van der Waals surface area contributed by atoms with Crippen LogP contribution in [0.1, 0.15) is 18.1 Å². The van der Waals surface area contributed by atoms with Gasteiger partial charge in [-0.2, -0.15) is 0 Å². The molecule has 1 heterocycles. The van der Waals surface area contributed by atoms with Gasteiger partial charge in [0.2, 0.25) is 0 Å². The average Bonchev–Trinajstić information content (AvgIpc) is 3.18. The molecule has 0 fully saturated rings. The van der Waals surface area contributed by atoms with Gasteiger partial charge in [0.05, 0.1) is 22.0 Å². The zero-order valence-electron chi connectivity index (χ0n) is 20.8. The van der Waals surface area contributed by atoms with Gasteiger partial charge in [-0.05, 0) is 29.0 Å². The SMILES string of the molecule is CC(=O)O.O.O.O=C1Nc2ccccc2C1=Nc1cc([N+](=O)[O-])ccc1N=Cc1c(O)ccc2ccccc12.[Cu]. The molecule has 4 aromatic carbocycles. The molecule has 211 valence electrons. The average molecular weight is 596 g/mol. The van der Waals surface area contributed by atoms with Crippen LogP contribution in [0.4, 0.5) is 22.7 Å². The maximum absolute atomic E-state index is 12.5. The number of carboxylic acid groups (broad SMARTS) is 1. The first-order valence-electron chi connectivity index (χ1n) is 11.0. The van der Waals surface area contributed by atoms with E-state index >= 15 is 0 Å². The number of anilines is 1. The van der Waals surface area contributed by atoms with E-state index in [1.165, 1.54) is 24.4 Å². The number of benzene rings is 4. The predicted octanol–water partition coefficient (Wildman–Crippen LogP) is 3.72. The van der Waals surface area contributed by atoms with Gasteiger partial charge in [-0.15, -0.1) is 0 Å². The number of nitro groups is 1. The number of carboxylic acids is 1. The summed E-state index contributed by atoms with van der Waals surface area (Å²) >= 11 is 0. The Morgan fingerprint density at radius 1 is 0.975 bits per heavy atom. The molecule has 4 aromatic rings. The summed E-state index contributed by atoms with van der Waals surface area (Å²) < 4.78 is 0. The molecule has 0 aliphatic carbocycles. The number of nitrogens with zero attached hydrogens (tertiary/aromatic N) is 3. The Morgan fingerprint density at radius 2 is 1.62 bits per heavy atom. The van der Waals surface area contributed by atoms with Crippen molar-refractivity contribution in [3.63, 3.8) is 0 Å². The molecule has 0 aromatic heterocycles. The van der Waals surface area contributed by atoms with E-state index in [0.29, 0.717) is 22.5 Å².